The van der Waals surface area contributed by atoms with E-state index in [9.17, 15) is 4.79 Å². The van der Waals surface area contributed by atoms with E-state index in [1.54, 1.807) is 0 Å². The molecule has 0 spiro atoms. The molecule has 0 fully saturated rings. The Balaban J connectivity index is 2.20. The van der Waals surface area contributed by atoms with Gasteiger partial charge in [-0.15, -0.1) is 0 Å². The fraction of sp³-hybridized carbons (Fsp3) is 0.0741. The number of benzene rings is 4. The molecule has 0 saturated carbocycles. The van der Waals surface area contributed by atoms with E-state index in [0.29, 0.717) is 0 Å². The molecule has 0 radical (unpaired) electrons. The zero-order chi connectivity index (χ0) is 21.8. The van der Waals surface area contributed by atoms with Crippen LogP contribution in [0.3, 0.4) is 0 Å². The topological polar surface area (TPSA) is 43.1 Å². The Kier molecular flexibility index (Phi) is 6.09. The monoisotopic (exact) mass is 489 g/mol. The molecule has 0 saturated heterocycles. The number of hydrogen-bond acceptors (Lipinski definition) is 1. The molecule has 156 valence electrons. The van der Waals surface area contributed by atoms with Crippen molar-refractivity contribution < 1.29 is 4.79 Å². The van der Waals surface area contributed by atoms with Gasteiger partial charge in [0.15, 0.2) is 0 Å². The average Bonchev–Trinajstić information content (AvgIpc) is 2.84. The molecule has 0 heterocycles. The molecule has 2 nitrogen and oxygen atoms in total. The summed E-state index contributed by atoms with van der Waals surface area (Å²) in [6.07, 6.45) is 0.228. The molecule has 4 aromatic rings. The van der Waals surface area contributed by atoms with Crippen molar-refractivity contribution in [3.05, 3.63) is 127 Å². The van der Waals surface area contributed by atoms with Crippen LogP contribution in [0.5, 0.6) is 0 Å². The maximum atomic E-state index is 12.5. The van der Waals surface area contributed by atoms with Gasteiger partial charge in [-0.2, -0.15) is 0 Å². The summed E-state index contributed by atoms with van der Waals surface area (Å²) in [6.45, 7) is 0. The van der Waals surface area contributed by atoms with Crippen LogP contribution in [0.15, 0.2) is 121 Å². The van der Waals surface area contributed by atoms with Crippen LogP contribution in [0.4, 0.5) is 0 Å². The second-order valence-electron chi connectivity index (χ2n) is 7.68. The minimum atomic E-state index is -3.37. The van der Waals surface area contributed by atoms with Gasteiger partial charge >= 0.3 is 192 Å². The van der Waals surface area contributed by atoms with Gasteiger partial charge in [-0.25, -0.2) is 0 Å². The second-order valence-corrected chi connectivity index (χ2v) is 16.4. The van der Waals surface area contributed by atoms with Crippen molar-refractivity contribution >= 4 is 42.6 Å². The third-order valence-electron chi connectivity index (χ3n) is 5.95. The Morgan fingerprint density at radius 2 is 0.968 bits per heavy atom. The third-order valence-corrected chi connectivity index (χ3v) is 16.7. The number of carbonyl (C=O) groups excluding carboxylic acids is 1. The van der Waals surface area contributed by atoms with Gasteiger partial charge in [0.2, 0.25) is 0 Å². The van der Waals surface area contributed by atoms with Crippen LogP contribution in [0, 0.1) is 0 Å². The quantitative estimate of drug-likeness (QED) is 0.345. The minimum absolute atomic E-state index is 0.170. The Morgan fingerprint density at radius 3 is 1.29 bits per heavy atom. The molecular weight excluding hydrogens is 465 g/mol. The standard InChI is InChI=1S/C27H25BrNOP/c28-31(23-15-7-2-8-16-23,24-17-9-3-10-18-24,25-19-11-4-12-20-25)26(21-27(29)30)22-13-5-1-6-14-22/h1-20,26H,21H2,(H2,29,30). The molecule has 0 aromatic heterocycles. The molecule has 2 N–H and O–H groups in total. The number of primary amides is 1. The first-order valence-corrected chi connectivity index (χ1v) is 14.6. The predicted molar refractivity (Wildman–Crippen MR) is 137 cm³/mol. The summed E-state index contributed by atoms with van der Waals surface area (Å²) in [6, 6.07) is 41.8. The molecule has 0 aliphatic carbocycles. The summed E-state index contributed by atoms with van der Waals surface area (Å²) in [5.74, 6) is -0.315. The predicted octanol–water partition coefficient (Wildman–Crippen LogP) is 5.44. The zero-order valence-corrected chi connectivity index (χ0v) is 19.6. The van der Waals surface area contributed by atoms with Gasteiger partial charge in [0.25, 0.3) is 0 Å². The molecule has 31 heavy (non-hydrogen) atoms. The number of halogens is 1. The first-order chi connectivity index (χ1) is 15.1. The SMILES string of the molecule is NC(=O)CC(c1ccccc1)P(Br)(c1ccccc1)(c1ccccc1)c1ccccc1. The number of amides is 1. The van der Waals surface area contributed by atoms with Crippen LogP contribution in [0.25, 0.3) is 0 Å². The third kappa shape index (κ3) is 3.63. The second kappa shape index (κ2) is 8.78. The van der Waals surface area contributed by atoms with E-state index < -0.39 is 5.31 Å². The van der Waals surface area contributed by atoms with Gasteiger partial charge in [0.1, 0.15) is 0 Å². The molecule has 4 aromatic carbocycles. The summed E-state index contributed by atoms with van der Waals surface area (Å²) in [5, 5.41) is 0.131. The van der Waals surface area contributed by atoms with Crippen LogP contribution in [-0.2, 0) is 4.79 Å². The fourth-order valence-electron chi connectivity index (χ4n) is 4.58. The summed E-state index contributed by atoms with van der Waals surface area (Å²) in [4.78, 5) is 12.5. The fourth-order valence-corrected chi connectivity index (χ4v) is 13.3. The van der Waals surface area contributed by atoms with E-state index in [1.165, 1.54) is 15.9 Å². The summed E-state index contributed by atoms with van der Waals surface area (Å²) >= 11 is 4.47. The summed E-state index contributed by atoms with van der Waals surface area (Å²) in [5.41, 5.74) is 6.80. The number of carbonyl (C=O) groups is 1. The molecule has 0 aliphatic rings. The van der Waals surface area contributed by atoms with Crippen LogP contribution in [0.1, 0.15) is 17.6 Å². The van der Waals surface area contributed by atoms with Crippen molar-refractivity contribution in [1.82, 2.24) is 0 Å². The van der Waals surface area contributed by atoms with Gasteiger partial charge in [0, 0.05) is 0 Å². The number of hydrogen-bond donors (Lipinski definition) is 1. The van der Waals surface area contributed by atoms with Crippen LogP contribution >= 0.6 is 20.8 Å². The number of rotatable bonds is 7. The van der Waals surface area contributed by atoms with Gasteiger partial charge in [-0.05, 0) is 0 Å². The van der Waals surface area contributed by atoms with Crippen molar-refractivity contribution in [3.63, 3.8) is 0 Å². The van der Waals surface area contributed by atoms with E-state index in [1.807, 2.05) is 36.4 Å². The molecule has 4 rings (SSSR count). The Hall–Kier alpha value is -2.74. The van der Waals surface area contributed by atoms with Crippen molar-refractivity contribution in [3.8, 4) is 0 Å². The van der Waals surface area contributed by atoms with E-state index in [-0.39, 0.29) is 18.0 Å². The molecule has 0 aliphatic heterocycles. The first kappa shape index (κ1) is 21.5. The van der Waals surface area contributed by atoms with E-state index in [4.69, 9.17) is 5.73 Å². The van der Waals surface area contributed by atoms with E-state index >= 15 is 0 Å². The van der Waals surface area contributed by atoms with Crippen molar-refractivity contribution in [2.24, 2.45) is 5.73 Å². The number of nitrogens with two attached hydrogens (primary N) is 1. The summed E-state index contributed by atoms with van der Waals surface area (Å²) in [7, 11) is 0. The molecule has 4 heteroatoms. The van der Waals surface area contributed by atoms with Crippen LogP contribution in [-0.4, -0.2) is 5.91 Å². The van der Waals surface area contributed by atoms with Crippen molar-refractivity contribution in [1.29, 1.82) is 0 Å². The normalized spacial score (nSPS) is 13.6. The van der Waals surface area contributed by atoms with E-state index in [0.717, 1.165) is 5.56 Å². The van der Waals surface area contributed by atoms with Gasteiger partial charge in [0.05, 0.1) is 0 Å². The van der Waals surface area contributed by atoms with E-state index in [2.05, 4.69) is 100 Å². The molecule has 0 bridgehead atoms. The van der Waals surface area contributed by atoms with Crippen LogP contribution < -0.4 is 21.6 Å². The van der Waals surface area contributed by atoms with Gasteiger partial charge in [-0.3, -0.25) is 0 Å². The van der Waals surface area contributed by atoms with Crippen LogP contribution in [0.2, 0.25) is 0 Å². The summed E-state index contributed by atoms with van der Waals surface area (Å²) < 4.78 is 0. The Morgan fingerprint density at radius 1 is 0.645 bits per heavy atom. The van der Waals surface area contributed by atoms with Crippen molar-refractivity contribution in [2.45, 2.75) is 12.1 Å². The molecule has 1 amide bonds. The zero-order valence-electron chi connectivity index (χ0n) is 17.1. The Labute approximate surface area is 191 Å². The molecular formula is C27H25BrNOP. The van der Waals surface area contributed by atoms with Gasteiger partial charge in [-0.1, -0.05) is 0 Å². The molecule has 1 atom stereocenters. The molecule has 1 unspecified atom stereocenters. The van der Waals surface area contributed by atoms with Crippen molar-refractivity contribution in [2.75, 3.05) is 0 Å². The Bertz CT molecular complexity index is 1050. The average molecular weight is 490 g/mol. The first-order valence-electron chi connectivity index (χ1n) is 10.3. The maximum absolute atomic E-state index is 12.5. The van der Waals surface area contributed by atoms with Gasteiger partial charge < -0.3 is 0 Å².